The van der Waals surface area contributed by atoms with Crippen LogP contribution < -0.4 is 20.7 Å². The van der Waals surface area contributed by atoms with E-state index in [1.807, 2.05) is 20.8 Å². The van der Waals surface area contributed by atoms with E-state index in [2.05, 4.69) is 21.1 Å². The maximum absolute atomic E-state index is 17.0. The fraction of sp³-hybridized carbons (Fsp3) is 0.472. The molecular weight excluding hydrogens is 622 g/mol. The van der Waals surface area contributed by atoms with Crippen LogP contribution in [0.4, 0.5) is 29.1 Å². The number of ether oxygens (including phenoxy) is 1. The van der Waals surface area contributed by atoms with Crippen LogP contribution in [-0.4, -0.2) is 70.3 Å². The number of rotatable bonds is 4. The van der Waals surface area contributed by atoms with E-state index >= 15 is 8.78 Å². The Labute approximate surface area is 277 Å². The molecule has 2 aromatic heterocycles. The summed E-state index contributed by atoms with van der Waals surface area (Å²) in [4.78, 5) is 18.1. The number of nitrogens with zero attached hydrogens (tertiary/aromatic N) is 5. The predicted octanol–water partition coefficient (Wildman–Crippen LogP) is 6.28. The first-order valence-corrected chi connectivity index (χ1v) is 16.7. The van der Waals surface area contributed by atoms with Crippen molar-refractivity contribution in [2.24, 2.45) is 5.92 Å². The number of aromatic nitrogens is 3. The van der Waals surface area contributed by atoms with Crippen molar-refractivity contribution in [1.29, 1.82) is 0 Å². The molecule has 3 saturated heterocycles. The van der Waals surface area contributed by atoms with E-state index in [4.69, 9.17) is 26.9 Å². The Bertz CT molecular complexity index is 1940. The second-order valence-electron chi connectivity index (χ2n) is 13.1. The molecule has 2 aromatic carbocycles. The minimum Gasteiger partial charge on any atom is -0.461 e. The maximum Gasteiger partial charge on any atom is 0.319 e. The number of hydrogen-bond acceptors (Lipinski definition) is 8. The number of nitrogens with two attached hydrogens (primary N) is 1. The molecule has 0 bridgehead atoms. The van der Waals surface area contributed by atoms with Gasteiger partial charge in [0.25, 0.3) is 0 Å². The van der Waals surface area contributed by atoms with E-state index in [1.165, 1.54) is 18.2 Å². The summed E-state index contributed by atoms with van der Waals surface area (Å²) in [6, 6.07) is 5.03. The van der Waals surface area contributed by atoms with E-state index in [-0.39, 0.29) is 69.4 Å². The zero-order chi connectivity index (χ0) is 33.9. The van der Waals surface area contributed by atoms with Gasteiger partial charge in [0.05, 0.1) is 34.8 Å². The Balaban J connectivity index is 0.00000179. The van der Waals surface area contributed by atoms with Crippen molar-refractivity contribution < 1.29 is 22.3 Å². The molecule has 4 aromatic rings. The highest BCUT2D eigenvalue weighted by Gasteiger charge is 2.46. The molecule has 3 fully saturated rings. The van der Waals surface area contributed by atoms with Crippen LogP contribution in [0.25, 0.3) is 32.9 Å². The summed E-state index contributed by atoms with van der Waals surface area (Å²) < 4.78 is 68.7. The Morgan fingerprint density at radius 2 is 1.83 bits per heavy atom. The number of nitrogens with one attached hydrogen (secondary N) is 1. The lowest BCUT2D eigenvalue weighted by Crippen LogP contribution is -2.62. The van der Waals surface area contributed by atoms with Crippen LogP contribution in [0.1, 0.15) is 57.7 Å². The first kappa shape index (κ1) is 32.3. The number of hydrogen-bond donors (Lipinski definition) is 2. The van der Waals surface area contributed by atoms with Crippen LogP contribution in [-0.2, 0) is 6.42 Å². The highest BCUT2D eigenvalue weighted by Crippen LogP contribution is 2.44. The van der Waals surface area contributed by atoms with Gasteiger partial charge >= 0.3 is 6.01 Å². The molecule has 0 amide bonds. The van der Waals surface area contributed by atoms with Crippen molar-refractivity contribution in [2.45, 2.75) is 77.0 Å². The molecule has 3 N–H and O–H groups in total. The molecule has 4 aliphatic rings. The number of terminal acetylenes is 1. The molecule has 3 unspecified atom stereocenters. The Morgan fingerprint density at radius 1 is 1.08 bits per heavy atom. The van der Waals surface area contributed by atoms with Gasteiger partial charge in [-0.25, -0.2) is 22.5 Å². The lowest BCUT2D eigenvalue weighted by molar-refractivity contribution is 0.0886. The van der Waals surface area contributed by atoms with Crippen molar-refractivity contribution in [2.75, 3.05) is 36.9 Å². The third-order valence-corrected chi connectivity index (χ3v) is 10.3. The number of anilines is 2. The van der Waals surface area contributed by atoms with Crippen LogP contribution in [0.2, 0.25) is 0 Å². The van der Waals surface area contributed by atoms with Gasteiger partial charge < -0.3 is 15.4 Å². The molecule has 4 aliphatic heterocycles. The van der Waals surface area contributed by atoms with Gasteiger partial charge in [-0.3, -0.25) is 10.2 Å². The van der Waals surface area contributed by atoms with Crippen molar-refractivity contribution in [3.05, 3.63) is 47.2 Å². The van der Waals surface area contributed by atoms with Gasteiger partial charge in [-0.05, 0) is 74.7 Å². The van der Waals surface area contributed by atoms with Crippen molar-refractivity contribution in [3.8, 4) is 29.6 Å². The van der Waals surface area contributed by atoms with Crippen LogP contribution in [0.5, 0.6) is 6.01 Å². The fourth-order valence-electron chi connectivity index (χ4n) is 8.28. The molecule has 0 saturated carbocycles. The molecule has 0 spiro atoms. The van der Waals surface area contributed by atoms with E-state index in [0.717, 1.165) is 38.8 Å². The van der Waals surface area contributed by atoms with Gasteiger partial charge in [0, 0.05) is 16.6 Å². The monoisotopic (exact) mass is 661 g/mol. The topological polar surface area (TPSA) is 92.4 Å². The molecule has 0 aliphatic carbocycles. The molecular formula is C36H39F4N7O. The number of piperazine rings is 1. The summed E-state index contributed by atoms with van der Waals surface area (Å²) in [5.74, 6) is 0.731. The molecule has 48 heavy (non-hydrogen) atoms. The molecule has 12 heteroatoms. The molecule has 8 nitrogen and oxygen atoms in total. The SMILES string of the molecule is C#Cc1c(F)ccc2cc(N)cc(-c3nc4c5c(nc(OCC67CCCN6CCC7)nc5c3F)N3CC(F)NC(F)C3[C@@H](C)C4)c12.CC. The second-order valence-corrected chi connectivity index (χ2v) is 13.1. The second kappa shape index (κ2) is 12.3. The number of fused-ring (bicyclic) bond motifs is 4. The van der Waals surface area contributed by atoms with Crippen LogP contribution >= 0.6 is 0 Å². The number of nitrogen functional groups attached to an aromatic ring is 1. The van der Waals surface area contributed by atoms with Gasteiger partial charge in [-0.15, -0.1) is 6.42 Å². The summed E-state index contributed by atoms with van der Waals surface area (Å²) in [5, 5.41) is 3.44. The van der Waals surface area contributed by atoms with Gasteiger partial charge in [0.15, 0.2) is 18.4 Å². The van der Waals surface area contributed by atoms with E-state index in [9.17, 15) is 8.78 Å². The fourth-order valence-corrected chi connectivity index (χ4v) is 8.28. The first-order chi connectivity index (χ1) is 23.2. The summed E-state index contributed by atoms with van der Waals surface area (Å²) in [5.41, 5.74) is 6.75. The van der Waals surface area contributed by atoms with E-state index < -0.39 is 30.3 Å². The summed E-state index contributed by atoms with van der Waals surface area (Å²) in [7, 11) is 0. The molecule has 8 rings (SSSR count). The van der Waals surface area contributed by atoms with Gasteiger partial charge in [0.1, 0.15) is 29.5 Å². The van der Waals surface area contributed by atoms with Gasteiger partial charge in [0.2, 0.25) is 0 Å². The summed E-state index contributed by atoms with van der Waals surface area (Å²) in [6.07, 6.45) is 6.63. The number of halogens is 4. The highest BCUT2D eigenvalue weighted by atomic mass is 19.2. The molecule has 252 valence electrons. The zero-order valence-corrected chi connectivity index (χ0v) is 27.3. The van der Waals surface area contributed by atoms with Crippen molar-refractivity contribution in [1.82, 2.24) is 25.2 Å². The minimum atomic E-state index is -1.71. The van der Waals surface area contributed by atoms with E-state index in [1.54, 1.807) is 11.0 Å². The lowest BCUT2D eigenvalue weighted by atomic mass is 9.93. The van der Waals surface area contributed by atoms with Crippen LogP contribution in [0.3, 0.4) is 0 Å². The first-order valence-electron chi connectivity index (χ1n) is 16.7. The van der Waals surface area contributed by atoms with Crippen molar-refractivity contribution >= 4 is 33.2 Å². The largest absolute Gasteiger partial charge is 0.461 e. The Morgan fingerprint density at radius 3 is 2.56 bits per heavy atom. The Hall–Kier alpha value is -4.21. The average Bonchev–Trinajstić information content (AvgIpc) is 3.62. The Kier molecular flexibility index (Phi) is 8.32. The van der Waals surface area contributed by atoms with Crippen LogP contribution in [0.15, 0.2) is 24.3 Å². The third-order valence-electron chi connectivity index (χ3n) is 10.3. The standard InChI is InChI=1S/C34H33F4N7O.C2H6/c1-3-20-22(35)7-6-18-13-19(39)14-21(25(18)20)28-27(37)29-26-23(40-28)12-17(2)30-31(38)41-24(36)15-45(30)32(26)43-33(42-29)46-16-34-8-4-10-44(34)11-5-9-34;1-2/h1,6-7,13-14,17,24,30-31,41H,4-5,8-12,15-16,39H2,2H3;1-2H3/t17-,24?,30?,31?;/m0./s1. The zero-order valence-electron chi connectivity index (χ0n) is 27.3. The van der Waals surface area contributed by atoms with Gasteiger partial charge in [-0.1, -0.05) is 32.8 Å². The lowest BCUT2D eigenvalue weighted by Gasteiger charge is -2.42. The van der Waals surface area contributed by atoms with E-state index in [0.29, 0.717) is 23.4 Å². The summed E-state index contributed by atoms with van der Waals surface area (Å²) >= 11 is 0. The number of alkyl halides is 2. The average molecular weight is 662 g/mol. The number of pyridine rings is 1. The normalized spacial score (nSPS) is 24.4. The smallest absolute Gasteiger partial charge is 0.319 e. The highest BCUT2D eigenvalue weighted by molar-refractivity contribution is 6.04. The minimum absolute atomic E-state index is 0.0465. The molecule has 6 heterocycles. The quantitative estimate of drug-likeness (QED) is 0.114. The van der Waals surface area contributed by atoms with Crippen LogP contribution in [0, 0.1) is 29.9 Å². The molecule has 0 radical (unpaired) electrons. The molecule has 4 atom stereocenters. The number of benzene rings is 2. The summed E-state index contributed by atoms with van der Waals surface area (Å²) in [6.45, 7) is 7.93. The predicted molar refractivity (Wildman–Crippen MR) is 179 cm³/mol. The van der Waals surface area contributed by atoms with Gasteiger partial charge in [-0.2, -0.15) is 9.97 Å². The van der Waals surface area contributed by atoms with Crippen molar-refractivity contribution in [3.63, 3.8) is 0 Å². The maximum atomic E-state index is 17.0. The third kappa shape index (κ3) is 5.10.